The molecule has 1 nitrogen and oxygen atoms in total. The molecule has 8 aromatic rings. The summed E-state index contributed by atoms with van der Waals surface area (Å²) in [7, 11) is 0. The lowest BCUT2D eigenvalue weighted by atomic mass is 10.0. The van der Waals surface area contributed by atoms with Gasteiger partial charge in [-0.2, -0.15) is 0 Å². The molecule has 1 aromatic heterocycles. The standard InChI is InChI=1S/C40H27NS/c1-3-9-32-25-34(15-13-28(32)7-1)30-17-21-37(22-18-30)41(40-27-36-11-5-6-12-39(36)42-40)38-23-19-31(20-24-38)35-16-14-29-8-2-4-10-33(29)26-35/h1-27H. The molecule has 0 atom stereocenters. The van der Waals surface area contributed by atoms with Gasteiger partial charge in [-0.1, -0.05) is 115 Å². The number of nitrogens with zero attached hydrogens (tertiary/aromatic N) is 1. The fourth-order valence-corrected chi connectivity index (χ4v) is 6.93. The molecule has 0 N–H and O–H groups in total. The minimum Gasteiger partial charge on any atom is -0.302 e. The third-order valence-corrected chi connectivity index (χ3v) is 9.15. The monoisotopic (exact) mass is 553 g/mol. The minimum atomic E-state index is 1.14. The highest BCUT2D eigenvalue weighted by molar-refractivity contribution is 7.23. The number of thiophene rings is 1. The lowest BCUT2D eigenvalue weighted by Gasteiger charge is -2.24. The fourth-order valence-electron chi connectivity index (χ4n) is 5.83. The predicted molar refractivity (Wildman–Crippen MR) is 182 cm³/mol. The Morgan fingerprint density at radius 3 is 1.26 bits per heavy atom. The van der Waals surface area contributed by atoms with Crippen molar-refractivity contribution in [3.63, 3.8) is 0 Å². The van der Waals surface area contributed by atoms with Crippen LogP contribution >= 0.6 is 11.3 Å². The van der Waals surface area contributed by atoms with Crippen LogP contribution in [0.4, 0.5) is 16.4 Å². The average molecular weight is 554 g/mol. The number of rotatable bonds is 5. The number of hydrogen-bond acceptors (Lipinski definition) is 2. The molecule has 0 fully saturated rings. The molecule has 0 bridgehead atoms. The fraction of sp³-hybridized carbons (Fsp3) is 0. The van der Waals surface area contributed by atoms with Crippen molar-refractivity contribution in [1.29, 1.82) is 0 Å². The van der Waals surface area contributed by atoms with Gasteiger partial charge in [-0.3, -0.25) is 0 Å². The summed E-state index contributed by atoms with van der Waals surface area (Å²) in [6, 6.07) is 59.3. The van der Waals surface area contributed by atoms with Crippen molar-refractivity contribution in [3.05, 3.63) is 164 Å². The Morgan fingerprint density at radius 2 is 0.762 bits per heavy atom. The normalized spacial score (nSPS) is 11.3. The highest BCUT2D eigenvalue weighted by Crippen LogP contribution is 2.42. The smallest absolute Gasteiger partial charge is 0.101 e. The second-order valence-corrected chi connectivity index (χ2v) is 11.7. The largest absolute Gasteiger partial charge is 0.302 e. The maximum Gasteiger partial charge on any atom is 0.101 e. The molecule has 0 aliphatic heterocycles. The van der Waals surface area contributed by atoms with E-state index in [2.05, 4.69) is 169 Å². The summed E-state index contributed by atoms with van der Waals surface area (Å²) in [5.41, 5.74) is 7.18. The van der Waals surface area contributed by atoms with Gasteiger partial charge in [0, 0.05) is 16.1 Å². The van der Waals surface area contributed by atoms with Crippen molar-refractivity contribution < 1.29 is 0 Å². The molecule has 7 aromatic carbocycles. The molecule has 0 aliphatic rings. The molecule has 0 saturated carbocycles. The first-order chi connectivity index (χ1) is 20.8. The first kappa shape index (κ1) is 24.6. The second-order valence-electron chi connectivity index (χ2n) is 10.7. The zero-order chi connectivity index (χ0) is 27.9. The van der Waals surface area contributed by atoms with Gasteiger partial charge in [-0.05, 0) is 97.7 Å². The van der Waals surface area contributed by atoms with Crippen molar-refractivity contribution in [2.24, 2.45) is 0 Å². The van der Waals surface area contributed by atoms with E-state index < -0.39 is 0 Å². The van der Waals surface area contributed by atoms with Gasteiger partial charge in [0.05, 0.1) is 0 Å². The Hall–Kier alpha value is -5.18. The zero-order valence-electron chi connectivity index (χ0n) is 22.9. The van der Waals surface area contributed by atoms with E-state index in [0.29, 0.717) is 0 Å². The van der Waals surface area contributed by atoms with E-state index >= 15 is 0 Å². The molecule has 0 unspecified atom stereocenters. The van der Waals surface area contributed by atoms with Crippen LogP contribution in [0.2, 0.25) is 0 Å². The summed E-state index contributed by atoms with van der Waals surface area (Å²) < 4.78 is 1.29. The molecule has 42 heavy (non-hydrogen) atoms. The number of benzene rings is 7. The minimum absolute atomic E-state index is 1.14. The Bertz CT molecular complexity index is 2030. The molecule has 1 heterocycles. The van der Waals surface area contributed by atoms with Gasteiger partial charge in [-0.15, -0.1) is 11.3 Å². The maximum absolute atomic E-state index is 2.37. The van der Waals surface area contributed by atoms with Crippen LogP contribution in [0.25, 0.3) is 53.9 Å². The maximum atomic E-state index is 2.37. The van der Waals surface area contributed by atoms with Crippen LogP contribution in [0.3, 0.4) is 0 Å². The SMILES string of the molecule is c1ccc2cc(-c3ccc(N(c4ccc(-c5ccc6ccccc6c5)cc4)c4cc5ccccc5s4)cc3)ccc2c1. The lowest BCUT2D eigenvalue weighted by Crippen LogP contribution is -2.08. The topological polar surface area (TPSA) is 3.24 Å². The van der Waals surface area contributed by atoms with E-state index in [0.717, 1.165) is 11.4 Å². The van der Waals surface area contributed by atoms with Gasteiger partial charge in [0.1, 0.15) is 5.00 Å². The first-order valence-corrected chi connectivity index (χ1v) is 15.1. The van der Waals surface area contributed by atoms with Crippen LogP contribution in [0, 0.1) is 0 Å². The molecule has 0 amide bonds. The van der Waals surface area contributed by atoms with Crippen LogP contribution in [0.1, 0.15) is 0 Å². The molecule has 0 saturated heterocycles. The van der Waals surface area contributed by atoms with Crippen LogP contribution in [0.5, 0.6) is 0 Å². The van der Waals surface area contributed by atoms with E-state index in [1.54, 1.807) is 0 Å². The molecule has 8 rings (SSSR count). The molecule has 0 radical (unpaired) electrons. The first-order valence-electron chi connectivity index (χ1n) is 14.3. The van der Waals surface area contributed by atoms with Gasteiger partial charge in [0.15, 0.2) is 0 Å². The van der Waals surface area contributed by atoms with E-state index in [4.69, 9.17) is 0 Å². The molecule has 2 heteroatoms. The summed E-state index contributed by atoms with van der Waals surface area (Å²) in [6.07, 6.45) is 0. The van der Waals surface area contributed by atoms with Crippen LogP contribution < -0.4 is 4.90 Å². The number of hydrogen-bond donors (Lipinski definition) is 0. The summed E-state index contributed by atoms with van der Waals surface area (Å²) in [4.78, 5) is 2.37. The van der Waals surface area contributed by atoms with E-state index in [9.17, 15) is 0 Å². The van der Waals surface area contributed by atoms with E-state index in [-0.39, 0.29) is 0 Å². The van der Waals surface area contributed by atoms with E-state index in [1.165, 1.54) is 58.9 Å². The summed E-state index contributed by atoms with van der Waals surface area (Å²) >= 11 is 1.82. The van der Waals surface area contributed by atoms with Crippen LogP contribution in [-0.4, -0.2) is 0 Å². The highest BCUT2D eigenvalue weighted by atomic mass is 32.1. The molecule has 198 valence electrons. The number of fused-ring (bicyclic) bond motifs is 3. The predicted octanol–water partition coefficient (Wildman–Crippen LogP) is 12.0. The quantitative estimate of drug-likeness (QED) is 0.205. The Labute approximate surface area is 249 Å². The van der Waals surface area contributed by atoms with Crippen molar-refractivity contribution in [1.82, 2.24) is 0 Å². The van der Waals surface area contributed by atoms with Crippen LogP contribution in [-0.2, 0) is 0 Å². The van der Waals surface area contributed by atoms with Crippen molar-refractivity contribution in [2.75, 3.05) is 4.90 Å². The number of anilines is 3. The molecule has 0 aliphatic carbocycles. The van der Waals surface area contributed by atoms with E-state index in [1.807, 2.05) is 11.3 Å². The van der Waals surface area contributed by atoms with Gasteiger partial charge >= 0.3 is 0 Å². The third kappa shape index (κ3) is 4.52. The Balaban J connectivity index is 1.18. The van der Waals surface area contributed by atoms with Crippen molar-refractivity contribution in [3.8, 4) is 22.3 Å². The second kappa shape index (κ2) is 10.3. The summed E-state index contributed by atoms with van der Waals surface area (Å²) in [5, 5.41) is 7.52. The zero-order valence-corrected chi connectivity index (χ0v) is 23.8. The van der Waals surface area contributed by atoms with Crippen LogP contribution in [0.15, 0.2) is 164 Å². The van der Waals surface area contributed by atoms with Gasteiger partial charge < -0.3 is 4.90 Å². The lowest BCUT2D eigenvalue weighted by molar-refractivity contribution is 1.32. The summed E-state index contributed by atoms with van der Waals surface area (Å²) in [5.74, 6) is 0. The van der Waals surface area contributed by atoms with Gasteiger partial charge in [0.25, 0.3) is 0 Å². The van der Waals surface area contributed by atoms with Gasteiger partial charge in [0.2, 0.25) is 0 Å². The average Bonchev–Trinajstić information content (AvgIpc) is 3.49. The Kier molecular flexibility index (Phi) is 6.05. The third-order valence-electron chi connectivity index (χ3n) is 8.05. The molecular formula is C40H27NS. The molecule has 0 spiro atoms. The van der Waals surface area contributed by atoms with Crippen molar-refractivity contribution in [2.45, 2.75) is 0 Å². The molecular weight excluding hydrogens is 527 g/mol. The highest BCUT2D eigenvalue weighted by Gasteiger charge is 2.16. The summed E-state index contributed by atoms with van der Waals surface area (Å²) in [6.45, 7) is 0. The Morgan fingerprint density at radius 1 is 0.333 bits per heavy atom. The van der Waals surface area contributed by atoms with Crippen molar-refractivity contribution >= 4 is 59.3 Å². The van der Waals surface area contributed by atoms with Gasteiger partial charge in [-0.25, -0.2) is 0 Å².